The first-order valence-corrected chi connectivity index (χ1v) is 17.6. The minimum atomic E-state index is -2.42. The number of H-pyrrole nitrogens is 1. The number of pyridine rings is 4. The number of aromatic nitrogens is 4. The smallest absolute Gasteiger partial charge is 0.229 e. The van der Waals surface area contributed by atoms with Crippen molar-refractivity contribution in [2.45, 2.75) is 13.1 Å². The number of benzene rings is 2. The van der Waals surface area contributed by atoms with Crippen LogP contribution in [-0.4, -0.2) is 23.0 Å². The maximum atomic E-state index is 5.31. The molecule has 0 amide bonds. The first kappa shape index (κ1) is 26.6. The van der Waals surface area contributed by atoms with Crippen LogP contribution >= 0.6 is 0 Å². The van der Waals surface area contributed by atoms with Gasteiger partial charge < -0.3 is 0 Å². The van der Waals surface area contributed by atoms with Gasteiger partial charge in [-0.3, -0.25) is 4.98 Å². The van der Waals surface area contributed by atoms with Gasteiger partial charge in [-0.25, -0.2) is 15.0 Å². The molecule has 0 radical (unpaired) electrons. The predicted molar refractivity (Wildman–Crippen MR) is 178 cm³/mol. The van der Waals surface area contributed by atoms with Crippen molar-refractivity contribution < 1.29 is 4.98 Å². The van der Waals surface area contributed by atoms with Crippen LogP contribution in [0.25, 0.3) is 44.3 Å². The Morgan fingerprint density at radius 2 is 0.977 bits per heavy atom. The van der Waals surface area contributed by atoms with E-state index >= 15 is 0 Å². The molecule has 206 valence electrons. The Morgan fingerprint density at radius 3 is 1.53 bits per heavy atom. The summed E-state index contributed by atoms with van der Waals surface area (Å²) in [5.41, 5.74) is 10.5. The lowest BCUT2D eigenvalue weighted by atomic mass is 9.90. The molecule has 7 rings (SSSR count). The molecule has 1 aliphatic heterocycles. The minimum absolute atomic E-state index is 0.869. The molecular weight excluding hydrogens is 541 g/mol. The summed E-state index contributed by atoms with van der Waals surface area (Å²) in [6.07, 6.45) is 3.77. The van der Waals surface area contributed by atoms with E-state index in [1.807, 2.05) is 48.8 Å². The first-order valence-electron chi connectivity index (χ1n) is 14.6. The average molecular weight is 572 g/mol. The van der Waals surface area contributed by atoms with Crippen molar-refractivity contribution in [3.63, 3.8) is 0 Å². The van der Waals surface area contributed by atoms with Gasteiger partial charge in [0.25, 0.3) is 0 Å². The van der Waals surface area contributed by atoms with E-state index < -0.39 is 8.07 Å². The molecule has 0 aliphatic carbocycles. The van der Waals surface area contributed by atoms with E-state index in [2.05, 4.69) is 120 Å². The molecule has 6 aromatic rings. The Balaban J connectivity index is 1.52. The van der Waals surface area contributed by atoms with Gasteiger partial charge in [-0.1, -0.05) is 92.0 Å². The highest BCUT2D eigenvalue weighted by Gasteiger charge is 2.45. The van der Waals surface area contributed by atoms with Crippen molar-refractivity contribution in [3.05, 3.63) is 168 Å². The zero-order valence-electron chi connectivity index (χ0n) is 24.2. The maximum Gasteiger partial charge on any atom is 0.229 e. The van der Waals surface area contributed by atoms with E-state index in [1.54, 1.807) is 0 Å². The summed E-state index contributed by atoms with van der Waals surface area (Å²) < 4.78 is 0. The zero-order chi connectivity index (χ0) is 29.2. The third kappa shape index (κ3) is 4.94. The van der Waals surface area contributed by atoms with Crippen molar-refractivity contribution in [2.24, 2.45) is 0 Å². The molecule has 2 aromatic carbocycles. The van der Waals surface area contributed by atoms with Crippen LogP contribution in [0.3, 0.4) is 0 Å². The molecule has 1 aliphatic rings. The topological polar surface area (TPSA) is 52.8 Å². The van der Waals surface area contributed by atoms with Gasteiger partial charge >= 0.3 is 0 Å². The van der Waals surface area contributed by atoms with Crippen LogP contribution in [0.1, 0.15) is 22.5 Å². The highest BCUT2D eigenvalue weighted by Crippen LogP contribution is 2.55. The van der Waals surface area contributed by atoms with Crippen molar-refractivity contribution in [1.82, 2.24) is 15.0 Å². The molecule has 5 heteroatoms. The molecule has 4 aromatic heterocycles. The van der Waals surface area contributed by atoms with Crippen LogP contribution in [0.4, 0.5) is 0 Å². The number of aromatic amines is 1. The summed E-state index contributed by atoms with van der Waals surface area (Å²) >= 11 is 0. The van der Waals surface area contributed by atoms with Crippen molar-refractivity contribution >= 4 is 29.6 Å². The van der Waals surface area contributed by atoms with E-state index in [9.17, 15) is 0 Å². The molecular formula is C38H31N4Si+. The first-order chi connectivity index (χ1) is 21.1. The van der Waals surface area contributed by atoms with Gasteiger partial charge in [0.1, 0.15) is 13.8 Å². The second kappa shape index (κ2) is 11.2. The fraction of sp³-hybridized carbons (Fsp3) is 0.0526. The van der Waals surface area contributed by atoms with Crippen LogP contribution in [0.2, 0.25) is 13.1 Å². The molecule has 0 bridgehead atoms. The van der Waals surface area contributed by atoms with Gasteiger partial charge in [0, 0.05) is 18.3 Å². The summed E-state index contributed by atoms with van der Waals surface area (Å²) in [5, 5.41) is 2.62. The Hall–Kier alpha value is -5.26. The number of rotatable bonds is 6. The number of nitrogens with zero attached hydrogens (tertiary/aromatic N) is 3. The second-order valence-corrected chi connectivity index (χ2v) is 15.4. The monoisotopic (exact) mass is 571 g/mol. The van der Waals surface area contributed by atoms with E-state index in [0.29, 0.717) is 0 Å². The van der Waals surface area contributed by atoms with Crippen LogP contribution in [0.15, 0.2) is 146 Å². The molecule has 43 heavy (non-hydrogen) atoms. The Morgan fingerprint density at radius 1 is 0.465 bits per heavy atom. The lowest BCUT2D eigenvalue weighted by molar-refractivity contribution is -0.364. The molecule has 0 spiro atoms. The molecule has 0 fully saturated rings. The van der Waals surface area contributed by atoms with Gasteiger partial charge in [-0.05, 0) is 75.1 Å². The summed E-state index contributed by atoms with van der Waals surface area (Å²) in [6.45, 7) is 4.88. The van der Waals surface area contributed by atoms with Crippen LogP contribution in [0, 0.1) is 0 Å². The van der Waals surface area contributed by atoms with Gasteiger partial charge in [-0.2, -0.15) is 0 Å². The van der Waals surface area contributed by atoms with Crippen LogP contribution in [0.5, 0.6) is 0 Å². The molecule has 1 N–H and O–H groups in total. The van der Waals surface area contributed by atoms with Crippen molar-refractivity contribution in [1.29, 1.82) is 0 Å². The third-order valence-corrected chi connectivity index (χ3v) is 11.6. The predicted octanol–water partition coefficient (Wildman–Crippen LogP) is 8.34. The number of nitrogens with one attached hydrogen (secondary N) is 1. The standard InChI is InChI=1S/C38H30N4Si/c1-43(2)37(33-23-13-21-31(41-33)29-19-9-11-25-39-29)35(27-15-5-3-6-16-27)36(28-17-7-4-8-18-28)38(43)34-24-14-22-32(42-34)30-20-10-12-26-40-30/h3-26H,1-2H3/p+1. The number of hydrogen-bond donors (Lipinski definition) is 0. The molecule has 0 atom stereocenters. The number of hydrogen-bond acceptors (Lipinski definition) is 3. The molecule has 5 heterocycles. The molecule has 0 saturated heterocycles. The minimum Gasteiger partial charge on any atom is -0.255 e. The number of allylic oxidation sites excluding steroid dienone is 2. The Bertz CT molecular complexity index is 1820. The van der Waals surface area contributed by atoms with Gasteiger partial charge in [-0.15, -0.1) is 0 Å². The summed E-state index contributed by atoms with van der Waals surface area (Å²) in [6, 6.07) is 46.3. The summed E-state index contributed by atoms with van der Waals surface area (Å²) in [7, 11) is -2.42. The lowest BCUT2D eigenvalue weighted by Gasteiger charge is -2.25. The van der Waals surface area contributed by atoms with E-state index in [-0.39, 0.29) is 0 Å². The summed E-state index contributed by atoms with van der Waals surface area (Å²) in [5.74, 6) is 0. The second-order valence-electron chi connectivity index (χ2n) is 11.2. The van der Waals surface area contributed by atoms with E-state index in [1.165, 1.54) is 32.7 Å². The molecule has 0 saturated carbocycles. The normalized spacial score (nSPS) is 14.3. The zero-order valence-corrected chi connectivity index (χ0v) is 25.2. The van der Waals surface area contributed by atoms with E-state index in [0.717, 1.165) is 34.2 Å². The fourth-order valence-electron chi connectivity index (χ4n) is 6.19. The summed E-state index contributed by atoms with van der Waals surface area (Å²) in [4.78, 5) is 18.6. The lowest BCUT2D eigenvalue weighted by Crippen LogP contribution is -2.29. The largest absolute Gasteiger partial charge is 0.255 e. The maximum absolute atomic E-state index is 5.31. The quantitative estimate of drug-likeness (QED) is 0.189. The van der Waals surface area contributed by atoms with Gasteiger partial charge in [0.15, 0.2) is 6.20 Å². The van der Waals surface area contributed by atoms with Gasteiger partial charge in [0.2, 0.25) is 5.69 Å². The average Bonchev–Trinajstić information content (AvgIpc) is 3.33. The molecule has 4 nitrogen and oxygen atoms in total. The fourth-order valence-corrected chi connectivity index (χ4v) is 9.79. The Kier molecular flexibility index (Phi) is 6.93. The van der Waals surface area contributed by atoms with Crippen LogP contribution < -0.4 is 4.98 Å². The molecule has 0 unspecified atom stereocenters. The third-order valence-electron chi connectivity index (χ3n) is 8.05. The Labute approximate surface area is 253 Å². The van der Waals surface area contributed by atoms with Crippen molar-refractivity contribution in [3.8, 4) is 22.8 Å². The SMILES string of the molecule is C[Si]1(C)C(c2cccc(-c3ccccn3)n2)=C(c2ccccc2)C(c2ccccc2)=C1c1cccc(-c2cccc[nH+]2)n1. The van der Waals surface area contributed by atoms with Gasteiger partial charge in [0.05, 0.1) is 22.8 Å². The van der Waals surface area contributed by atoms with E-state index in [4.69, 9.17) is 9.97 Å². The van der Waals surface area contributed by atoms with Crippen molar-refractivity contribution in [2.75, 3.05) is 0 Å². The highest BCUT2D eigenvalue weighted by atomic mass is 28.3. The highest BCUT2D eigenvalue weighted by molar-refractivity contribution is 7.13. The van der Waals surface area contributed by atoms with Crippen LogP contribution in [-0.2, 0) is 0 Å².